The van der Waals surface area contributed by atoms with E-state index in [2.05, 4.69) is 5.32 Å². The fourth-order valence-electron chi connectivity index (χ4n) is 3.73. The van der Waals surface area contributed by atoms with E-state index >= 15 is 0 Å². The van der Waals surface area contributed by atoms with Crippen LogP contribution in [0.2, 0.25) is 0 Å². The molecule has 8 heteroatoms. The Bertz CT molecular complexity index is 1080. The lowest BCUT2D eigenvalue weighted by Crippen LogP contribution is -2.39. The van der Waals surface area contributed by atoms with E-state index in [0.717, 1.165) is 4.90 Å². The van der Waals surface area contributed by atoms with Crippen molar-refractivity contribution in [2.75, 3.05) is 11.4 Å². The Morgan fingerprint density at radius 2 is 1.48 bits per heavy atom. The van der Waals surface area contributed by atoms with Gasteiger partial charge >= 0.3 is 12.0 Å². The Kier molecular flexibility index (Phi) is 6.45. The van der Waals surface area contributed by atoms with Gasteiger partial charge in [-0.05, 0) is 17.7 Å². The van der Waals surface area contributed by atoms with Crippen molar-refractivity contribution in [1.29, 1.82) is 0 Å². The average Bonchev–Trinajstić information content (AvgIpc) is 3.12. The molecule has 4 rings (SSSR count). The van der Waals surface area contributed by atoms with Gasteiger partial charge in [0, 0.05) is 11.3 Å². The van der Waals surface area contributed by atoms with Crippen LogP contribution in [-0.2, 0) is 19.1 Å². The summed E-state index contributed by atoms with van der Waals surface area (Å²) in [6, 6.07) is 24.8. The van der Waals surface area contributed by atoms with Crippen LogP contribution in [-0.4, -0.2) is 35.8 Å². The van der Waals surface area contributed by atoms with Crippen LogP contribution in [0.5, 0.6) is 0 Å². The Morgan fingerprint density at radius 1 is 0.909 bits per heavy atom. The zero-order chi connectivity index (χ0) is 23.2. The molecule has 8 nitrogen and oxygen atoms in total. The van der Waals surface area contributed by atoms with E-state index in [1.165, 1.54) is 4.90 Å². The van der Waals surface area contributed by atoms with Crippen LogP contribution < -0.4 is 10.2 Å². The topological polar surface area (TPSA) is 96.0 Å². The molecule has 3 aromatic rings. The summed E-state index contributed by atoms with van der Waals surface area (Å²) in [5.41, 5.74) is 1.61. The maximum Gasteiger partial charge on any atom is 0.335 e. The lowest BCUT2D eigenvalue weighted by Gasteiger charge is -2.26. The molecule has 1 fully saturated rings. The highest BCUT2D eigenvalue weighted by atomic mass is 16.6. The first-order chi connectivity index (χ1) is 16.1. The molecule has 2 atom stereocenters. The predicted molar refractivity (Wildman–Crippen MR) is 120 cm³/mol. The summed E-state index contributed by atoms with van der Waals surface area (Å²) in [4.78, 5) is 52.7. The van der Waals surface area contributed by atoms with Gasteiger partial charge in [-0.3, -0.25) is 19.3 Å². The number of amides is 4. The molecule has 0 spiro atoms. The molecule has 2 unspecified atom stereocenters. The maximum absolute atomic E-state index is 13.7. The van der Waals surface area contributed by atoms with Crippen molar-refractivity contribution >= 4 is 30.0 Å². The van der Waals surface area contributed by atoms with Crippen molar-refractivity contribution in [3.05, 3.63) is 102 Å². The molecule has 1 N–H and O–H groups in total. The number of imide groups is 1. The molecule has 166 valence electrons. The van der Waals surface area contributed by atoms with E-state index in [1.807, 2.05) is 12.1 Å². The van der Waals surface area contributed by atoms with E-state index in [9.17, 15) is 19.2 Å². The Morgan fingerprint density at radius 3 is 2.09 bits per heavy atom. The van der Waals surface area contributed by atoms with Gasteiger partial charge in [0.1, 0.15) is 12.6 Å². The first-order valence-electron chi connectivity index (χ1n) is 10.3. The first kappa shape index (κ1) is 21.8. The zero-order valence-electron chi connectivity index (χ0n) is 17.5. The third-order valence-electron chi connectivity index (χ3n) is 5.18. The molecular formula is C25H21N3O5. The number of hydrogen-bond donors (Lipinski definition) is 1. The van der Waals surface area contributed by atoms with Crippen LogP contribution in [0.15, 0.2) is 91.0 Å². The van der Waals surface area contributed by atoms with Gasteiger partial charge < -0.3 is 10.1 Å². The average molecular weight is 443 g/mol. The van der Waals surface area contributed by atoms with Crippen LogP contribution in [0.4, 0.5) is 10.5 Å². The highest BCUT2D eigenvalue weighted by Crippen LogP contribution is 2.39. The van der Waals surface area contributed by atoms with E-state index in [1.54, 1.807) is 78.9 Å². The van der Waals surface area contributed by atoms with Gasteiger partial charge in [-0.25, -0.2) is 9.69 Å². The number of para-hydroxylation sites is 1. The van der Waals surface area contributed by atoms with Gasteiger partial charge in [0.2, 0.25) is 12.6 Å². The number of urea groups is 1. The minimum absolute atomic E-state index is 0.369. The molecule has 1 heterocycles. The number of benzene rings is 3. The van der Waals surface area contributed by atoms with E-state index in [4.69, 9.17) is 4.74 Å². The Hall–Kier alpha value is -4.46. The zero-order valence-corrected chi connectivity index (χ0v) is 17.5. The molecule has 33 heavy (non-hydrogen) atoms. The van der Waals surface area contributed by atoms with Gasteiger partial charge in [-0.2, -0.15) is 0 Å². The minimum atomic E-state index is -1.30. The number of nitrogens with zero attached hydrogens (tertiary/aromatic N) is 2. The monoisotopic (exact) mass is 443 g/mol. The second kappa shape index (κ2) is 9.78. The molecule has 1 aliphatic rings. The molecule has 0 saturated carbocycles. The summed E-state index contributed by atoms with van der Waals surface area (Å²) in [7, 11) is 0. The minimum Gasteiger partial charge on any atom is -0.435 e. The fraction of sp³-hybridized carbons (Fsp3) is 0.120. The molecule has 0 aromatic heterocycles. The fourth-order valence-corrected chi connectivity index (χ4v) is 3.73. The highest BCUT2D eigenvalue weighted by molar-refractivity contribution is 6.14. The number of hydrogen-bond acceptors (Lipinski definition) is 5. The lowest BCUT2D eigenvalue weighted by atomic mass is 10.0. The smallest absolute Gasteiger partial charge is 0.335 e. The largest absolute Gasteiger partial charge is 0.435 e. The third-order valence-corrected chi connectivity index (χ3v) is 5.18. The van der Waals surface area contributed by atoms with E-state index in [-0.39, 0.29) is 0 Å². The van der Waals surface area contributed by atoms with Crippen LogP contribution in [0.25, 0.3) is 0 Å². The molecule has 0 bridgehead atoms. The normalized spacial score (nSPS) is 16.4. The van der Waals surface area contributed by atoms with Gasteiger partial charge in [-0.15, -0.1) is 0 Å². The van der Waals surface area contributed by atoms with Crippen molar-refractivity contribution in [3.63, 3.8) is 0 Å². The standard InChI is InChI=1S/C25H21N3O5/c29-17-26-16-21(30)33-24(19-12-6-2-7-13-19)28-23(31)22(18-10-4-1-5-11-18)27(25(28)32)20-14-8-3-9-15-20/h1-15,17,22,24H,16H2,(H,26,29). The number of rotatable bonds is 8. The second-order valence-corrected chi connectivity index (χ2v) is 7.26. The molecule has 1 saturated heterocycles. The Labute approximate surface area is 190 Å². The summed E-state index contributed by atoms with van der Waals surface area (Å²) in [5, 5.41) is 2.23. The molecule has 0 aliphatic carbocycles. The molecule has 0 radical (unpaired) electrons. The van der Waals surface area contributed by atoms with Gasteiger partial charge in [0.05, 0.1) is 0 Å². The van der Waals surface area contributed by atoms with E-state index < -0.39 is 36.7 Å². The molecular weight excluding hydrogens is 422 g/mol. The van der Waals surface area contributed by atoms with Crippen molar-refractivity contribution < 1.29 is 23.9 Å². The van der Waals surface area contributed by atoms with Gasteiger partial charge in [0.15, 0.2) is 0 Å². The summed E-state index contributed by atoms with van der Waals surface area (Å²) in [5.74, 6) is -1.31. The van der Waals surface area contributed by atoms with Crippen molar-refractivity contribution in [2.24, 2.45) is 0 Å². The number of carbonyl (C=O) groups is 4. The summed E-state index contributed by atoms with van der Waals surface area (Å²) < 4.78 is 5.53. The summed E-state index contributed by atoms with van der Waals surface area (Å²) in [6.45, 7) is -0.395. The molecule has 4 amide bonds. The number of esters is 1. The lowest BCUT2D eigenvalue weighted by molar-refractivity contribution is -0.160. The van der Waals surface area contributed by atoms with Crippen molar-refractivity contribution in [1.82, 2.24) is 10.2 Å². The third kappa shape index (κ3) is 4.45. The van der Waals surface area contributed by atoms with Crippen LogP contribution >= 0.6 is 0 Å². The summed E-state index contributed by atoms with van der Waals surface area (Å²) in [6.07, 6.45) is -0.930. The van der Waals surface area contributed by atoms with Gasteiger partial charge in [0.25, 0.3) is 5.91 Å². The predicted octanol–water partition coefficient (Wildman–Crippen LogP) is 3.18. The SMILES string of the molecule is O=CNCC(=O)OC(c1ccccc1)N1C(=O)C(c2ccccc2)N(c2ccccc2)C1=O. The van der Waals surface area contributed by atoms with Crippen molar-refractivity contribution in [2.45, 2.75) is 12.3 Å². The highest BCUT2D eigenvalue weighted by Gasteiger charge is 2.51. The van der Waals surface area contributed by atoms with Crippen LogP contribution in [0, 0.1) is 0 Å². The van der Waals surface area contributed by atoms with Crippen LogP contribution in [0.1, 0.15) is 23.4 Å². The van der Waals surface area contributed by atoms with E-state index in [0.29, 0.717) is 23.2 Å². The Balaban J connectivity index is 1.78. The second-order valence-electron chi connectivity index (χ2n) is 7.26. The maximum atomic E-state index is 13.7. The number of nitrogens with one attached hydrogen (secondary N) is 1. The van der Waals surface area contributed by atoms with Gasteiger partial charge in [-0.1, -0.05) is 78.9 Å². The number of ether oxygens (including phenoxy) is 1. The quantitative estimate of drug-likeness (QED) is 0.328. The molecule has 3 aromatic carbocycles. The van der Waals surface area contributed by atoms with Crippen LogP contribution in [0.3, 0.4) is 0 Å². The number of anilines is 1. The summed E-state index contributed by atoms with van der Waals surface area (Å²) >= 11 is 0. The molecule has 1 aliphatic heterocycles. The van der Waals surface area contributed by atoms with Crippen molar-refractivity contribution in [3.8, 4) is 0 Å². The first-order valence-corrected chi connectivity index (χ1v) is 10.3. The number of carbonyl (C=O) groups excluding carboxylic acids is 4.